The van der Waals surface area contributed by atoms with Crippen LogP contribution in [0.2, 0.25) is 10.0 Å². The first-order chi connectivity index (χ1) is 9.77. The van der Waals surface area contributed by atoms with E-state index in [2.05, 4.69) is 15.0 Å². The average molecular weight is 304 g/mol. The molecule has 0 spiro atoms. The number of benzene rings is 1. The third-order valence-corrected chi connectivity index (χ3v) is 3.92. The molecule has 1 unspecified atom stereocenters. The molecule has 0 aliphatic rings. The Morgan fingerprint density at radius 3 is 2.55 bits per heavy atom. The van der Waals surface area contributed by atoms with Crippen molar-refractivity contribution < 1.29 is 0 Å². The summed E-state index contributed by atoms with van der Waals surface area (Å²) in [6.07, 6.45) is 5.24. The summed E-state index contributed by atoms with van der Waals surface area (Å²) in [5, 5.41) is 1.06. The molecule has 0 fully saturated rings. The molecule has 0 aliphatic carbocycles. The molecule has 100 valence electrons. The SMILES string of the molecule is Clc1cccc(C(c2ccccn2)c2c[nH]cn2)c1Cl. The zero-order valence-electron chi connectivity index (χ0n) is 10.4. The Kier molecular flexibility index (Phi) is 3.72. The molecule has 3 rings (SSSR count). The third-order valence-electron chi connectivity index (χ3n) is 3.09. The van der Waals surface area contributed by atoms with Gasteiger partial charge in [-0.05, 0) is 23.8 Å². The van der Waals surface area contributed by atoms with Crippen LogP contribution in [-0.2, 0) is 0 Å². The van der Waals surface area contributed by atoms with Gasteiger partial charge in [0, 0.05) is 12.4 Å². The van der Waals surface area contributed by atoms with Crippen LogP contribution in [0.1, 0.15) is 22.9 Å². The number of hydrogen-bond acceptors (Lipinski definition) is 2. The van der Waals surface area contributed by atoms with Crippen LogP contribution in [0.15, 0.2) is 55.1 Å². The van der Waals surface area contributed by atoms with E-state index in [9.17, 15) is 0 Å². The molecule has 5 heteroatoms. The van der Waals surface area contributed by atoms with Gasteiger partial charge >= 0.3 is 0 Å². The number of hydrogen-bond donors (Lipinski definition) is 1. The smallest absolute Gasteiger partial charge is 0.0923 e. The van der Waals surface area contributed by atoms with Crippen LogP contribution < -0.4 is 0 Å². The summed E-state index contributed by atoms with van der Waals surface area (Å²) in [4.78, 5) is 11.7. The maximum Gasteiger partial charge on any atom is 0.0923 e. The minimum Gasteiger partial charge on any atom is -0.351 e. The Morgan fingerprint density at radius 1 is 0.950 bits per heavy atom. The summed E-state index contributed by atoms with van der Waals surface area (Å²) in [5.41, 5.74) is 2.63. The monoisotopic (exact) mass is 303 g/mol. The number of pyridine rings is 1. The molecule has 1 aromatic carbocycles. The van der Waals surface area contributed by atoms with Gasteiger partial charge in [0.2, 0.25) is 0 Å². The summed E-state index contributed by atoms with van der Waals surface area (Å²) in [6, 6.07) is 11.4. The van der Waals surface area contributed by atoms with Gasteiger partial charge in [0.1, 0.15) is 0 Å². The Hall–Kier alpha value is -1.84. The summed E-state index contributed by atoms with van der Waals surface area (Å²) < 4.78 is 0. The molecule has 0 amide bonds. The molecule has 2 heterocycles. The van der Waals surface area contributed by atoms with Crippen molar-refractivity contribution in [2.24, 2.45) is 0 Å². The highest BCUT2D eigenvalue weighted by Gasteiger charge is 2.23. The Labute approximate surface area is 126 Å². The van der Waals surface area contributed by atoms with Gasteiger partial charge in [0.25, 0.3) is 0 Å². The van der Waals surface area contributed by atoms with Crippen LogP contribution in [0, 0.1) is 0 Å². The van der Waals surface area contributed by atoms with Crippen molar-refractivity contribution in [1.82, 2.24) is 15.0 Å². The minimum atomic E-state index is -0.145. The number of nitrogens with one attached hydrogen (secondary N) is 1. The lowest BCUT2D eigenvalue weighted by Gasteiger charge is -2.16. The normalized spacial score (nSPS) is 12.3. The fraction of sp³-hybridized carbons (Fsp3) is 0.0667. The van der Waals surface area contributed by atoms with Gasteiger partial charge in [0.05, 0.1) is 33.7 Å². The molecule has 0 aliphatic heterocycles. The number of aromatic nitrogens is 3. The molecule has 1 N–H and O–H groups in total. The van der Waals surface area contributed by atoms with Gasteiger partial charge < -0.3 is 4.98 Å². The standard InChI is InChI=1S/C15H11Cl2N3/c16-11-5-3-4-10(15(11)17)14(13-8-18-9-20-13)12-6-1-2-7-19-12/h1-9,14H,(H,18,20). The van der Waals surface area contributed by atoms with Crippen LogP contribution in [0.5, 0.6) is 0 Å². The average Bonchev–Trinajstić information content (AvgIpc) is 2.99. The van der Waals surface area contributed by atoms with Gasteiger partial charge in [-0.3, -0.25) is 4.98 Å². The van der Waals surface area contributed by atoms with Crippen molar-refractivity contribution in [3.05, 3.63) is 82.1 Å². The highest BCUT2D eigenvalue weighted by atomic mass is 35.5. The van der Waals surface area contributed by atoms with Crippen molar-refractivity contribution in [1.29, 1.82) is 0 Å². The second kappa shape index (κ2) is 5.65. The van der Waals surface area contributed by atoms with E-state index < -0.39 is 0 Å². The highest BCUT2D eigenvalue weighted by molar-refractivity contribution is 6.42. The van der Waals surface area contributed by atoms with E-state index in [1.807, 2.05) is 36.5 Å². The lowest BCUT2D eigenvalue weighted by molar-refractivity contribution is 0.886. The van der Waals surface area contributed by atoms with Gasteiger partial charge in [-0.25, -0.2) is 4.98 Å². The maximum atomic E-state index is 6.36. The van der Waals surface area contributed by atoms with Gasteiger partial charge in [-0.15, -0.1) is 0 Å². The second-order valence-electron chi connectivity index (χ2n) is 4.32. The first kappa shape index (κ1) is 13.2. The molecule has 20 heavy (non-hydrogen) atoms. The number of aromatic amines is 1. The Bertz CT molecular complexity index is 696. The van der Waals surface area contributed by atoms with Crippen LogP contribution in [0.25, 0.3) is 0 Å². The number of H-pyrrole nitrogens is 1. The van der Waals surface area contributed by atoms with E-state index >= 15 is 0 Å². The molecule has 3 nitrogen and oxygen atoms in total. The van der Waals surface area contributed by atoms with E-state index in [4.69, 9.17) is 23.2 Å². The zero-order valence-corrected chi connectivity index (χ0v) is 11.9. The molecule has 3 aromatic rings. The van der Waals surface area contributed by atoms with Crippen LogP contribution in [0.4, 0.5) is 0 Å². The van der Waals surface area contributed by atoms with Gasteiger partial charge in [0.15, 0.2) is 0 Å². The topological polar surface area (TPSA) is 41.6 Å². The Morgan fingerprint density at radius 2 is 1.85 bits per heavy atom. The number of imidazole rings is 1. The predicted octanol–water partition coefficient (Wildman–Crippen LogP) is 4.29. The summed E-state index contributed by atoms with van der Waals surface area (Å²) >= 11 is 12.5. The van der Waals surface area contributed by atoms with E-state index in [1.54, 1.807) is 18.6 Å². The highest BCUT2D eigenvalue weighted by Crippen LogP contribution is 2.36. The van der Waals surface area contributed by atoms with Crippen molar-refractivity contribution in [3.8, 4) is 0 Å². The molecule has 0 saturated heterocycles. The first-order valence-electron chi connectivity index (χ1n) is 6.11. The van der Waals surface area contributed by atoms with Gasteiger partial charge in [-0.2, -0.15) is 0 Å². The molecular formula is C15H11Cl2N3. The van der Waals surface area contributed by atoms with Crippen molar-refractivity contribution in [2.75, 3.05) is 0 Å². The van der Waals surface area contributed by atoms with Crippen molar-refractivity contribution in [3.63, 3.8) is 0 Å². The molecule has 0 radical (unpaired) electrons. The minimum absolute atomic E-state index is 0.145. The fourth-order valence-corrected chi connectivity index (χ4v) is 2.61. The second-order valence-corrected chi connectivity index (χ2v) is 5.11. The Balaban J connectivity index is 2.19. The number of nitrogens with zero attached hydrogens (tertiary/aromatic N) is 2. The molecule has 0 bridgehead atoms. The fourth-order valence-electron chi connectivity index (χ4n) is 2.19. The number of rotatable bonds is 3. The molecule has 2 aromatic heterocycles. The van der Waals surface area contributed by atoms with E-state index in [0.29, 0.717) is 10.0 Å². The lowest BCUT2D eigenvalue weighted by Crippen LogP contribution is -2.06. The number of halogens is 2. The largest absolute Gasteiger partial charge is 0.351 e. The lowest BCUT2D eigenvalue weighted by atomic mass is 9.92. The van der Waals surface area contributed by atoms with Crippen molar-refractivity contribution in [2.45, 2.75) is 5.92 Å². The van der Waals surface area contributed by atoms with Gasteiger partial charge in [-0.1, -0.05) is 41.4 Å². The summed E-state index contributed by atoms with van der Waals surface area (Å²) in [7, 11) is 0. The van der Waals surface area contributed by atoms with Crippen LogP contribution in [-0.4, -0.2) is 15.0 Å². The first-order valence-corrected chi connectivity index (χ1v) is 6.86. The molecule has 0 saturated carbocycles. The van der Waals surface area contributed by atoms with E-state index in [0.717, 1.165) is 17.0 Å². The summed E-state index contributed by atoms with van der Waals surface area (Å²) in [6.45, 7) is 0. The van der Waals surface area contributed by atoms with Crippen LogP contribution in [0.3, 0.4) is 0 Å². The summed E-state index contributed by atoms with van der Waals surface area (Å²) in [5.74, 6) is -0.145. The van der Waals surface area contributed by atoms with E-state index in [1.165, 1.54) is 0 Å². The third kappa shape index (κ3) is 2.42. The zero-order chi connectivity index (χ0) is 13.9. The molecule has 1 atom stereocenters. The van der Waals surface area contributed by atoms with E-state index in [-0.39, 0.29) is 5.92 Å². The molecular weight excluding hydrogens is 293 g/mol. The maximum absolute atomic E-state index is 6.36. The van der Waals surface area contributed by atoms with Crippen molar-refractivity contribution >= 4 is 23.2 Å². The predicted molar refractivity (Wildman–Crippen MR) is 80.2 cm³/mol. The van der Waals surface area contributed by atoms with Crippen LogP contribution >= 0.6 is 23.2 Å². The quantitative estimate of drug-likeness (QED) is 0.784.